The quantitative estimate of drug-likeness (QED) is 0.0496. The fraction of sp³-hybridized carbons (Fsp3) is 0.353. The zero-order valence-corrected chi connectivity index (χ0v) is 26.2. The van der Waals surface area contributed by atoms with Gasteiger partial charge in [-0.1, -0.05) is 91.0 Å². The maximum absolute atomic E-state index is 12.5. The van der Waals surface area contributed by atoms with Gasteiger partial charge in [-0.25, -0.2) is 10.5 Å². The Morgan fingerprint density at radius 2 is 1.65 bits per heavy atom. The van der Waals surface area contributed by atoms with Crippen LogP contribution in [0.2, 0.25) is 0 Å². The molecule has 0 unspecified atom stereocenters. The Morgan fingerprint density at radius 1 is 0.913 bits per heavy atom. The van der Waals surface area contributed by atoms with Gasteiger partial charge in [0.05, 0.1) is 18.8 Å². The van der Waals surface area contributed by atoms with Gasteiger partial charge in [0.15, 0.2) is 11.4 Å². The minimum atomic E-state index is -0.571. The van der Waals surface area contributed by atoms with Crippen LogP contribution in [0.25, 0.3) is 11.1 Å². The number of aromatic nitrogens is 3. The van der Waals surface area contributed by atoms with Crippen molar-refractivity contribution in [2.75, 3.05) is 5.75 Å². The third kappa shape index (κ3) is 9.47. The number of hydroxylamine groups is 1. The fourth-order valence-electron chi connectivity index (χ4n) is 5.32. The molecule has 2 heterocycles. The summed E-state index contributed by atoms with van der Waals surface area (Å²) in [5.41, 5.74) is 7.44. The molecule has 46 heavy (non-hydrogen) atoms. The van der Waals surface area contributed by atoms with Crippen LogP contribution in [0.15, 0.2) is 84.3 Å². The molecule has 1 aliphatic rings. The third-order valence-corrected chi connectivity index (χ3v) is 8.84. The van der Waals surface area contributed by atoms with Crippen molar-refractivity contribution in [3.05, 3.63) is 101 Å². The number of hydrogen-bond acceptors (Lipinski definition) is 9. The number of ether oxygens (including phenoxy) is 2. The summed E-state index contributed by atoms with van der Waals surface area (Å²) in [5.74, 6) is 0.225. The van der Waals surface area contributed by atoms with Crippen molar-refractivity contribution in [2.24, 2.45) is 0 Å². The summed E-state index contributed by atoms with van der Waals surface area (Å²) >= 11 is 1.55. The lowest BCUT2D eigenvalue weighted by atomic mass is 9.97. The van der Waals surface area contributed by atoms with E-state index in [2.05, 4.69) is 20.5 Å². The zero-order chi connectivity index (χ0) is 32.1. The summed E-state index contributed by atoms with van der Waals surface area (Å²) in [6, 6.07) is 23.9. The highest BCUT2D eigenvalue weighted by atomic mass is 32.2. The summed E-state index contributed by atoms with van der Waals surface area (Å²) in [6.45, 7) is 0.394. The highest BCUT2D eigenvalue weighted by molar-refractivity contribution is 7.99. The molecule has 242 valence electrons. The highest BCUT2D eigenvalue weighted by Crippen LogP contribution is 2.39. The van der Waals surface area contributed by atoms with E-state index in [1.165, 1.54) is 6.33 Å². The van der Waals surface area contributed by atoms with Gasteiger partial charge < -0.3 is 19.9 Å². The molecule has 3 atom stereocenters. The predicted octanol–water partition coefficient (Wildman–Crippen LogP) is 5.37. The van der Waals surface area contributed by atoms with E-state index < -0.39 is 12.2 Å². The van der Waals surface area contributed by atoms with E-state index in [0.29, 0.717) is 38.0 Å². The Bertz CT molecular complexity index is 1530. The van der Waals surface area contributed by atoms with Crippen LogP contribution in [0.5, 0.6) is 0 Å². The lowest BCUT2D eigenvalue weighted by Gasteiger charge is -2.36. The molecule has 1 aliphatic heterocycles. The molecule has 0 radical (unpaired) electrons. The highest BCUT2D eigenvalue weighted by Gasteiger charge is 2.32. The Balaban J connectivity index is 1.22. The van der Waals surface area contributed by atoms with Crippen LogP contribution >= 0.6 is 11.8 Å². The van der Waals surface area contributed by atoms with Crippen LogP contribution < -0.4 is 10.8 Å². The summed E-state index contributed by atoms with van der Waals surface area (Å²) in [6.07, 6.45) is 3.96. The summed E-state index contributed by atoms with van der Waals surface area (Å²) in [7, 11) is 0. The first-order valence-corrected chi connectivity index (χ1v) is 16.4. The molecule has 1 aromatic heterocycles. The molecule has 0 spiro atoms. The minimum absolute atomic E-state index is 0.00904. The Morgan fingerprint density at radius 3 is 2.37 bits per heavy atom. The number of amides is 2. The van der Waals surface area contributed by atoms with Crippen LogP contribution in [0, 0.1) is 0 Å². The molecule has 0 saturated carbocycles. The number of rotatable bonds is 15. The van der Waals surface area contributed by atoms with E-state index in [0.717, 1.165) is 45.0 Å². The van der Waals surface area contributed by atoms with Gasteiger partial charge in [0, 0.05) is 37.1 Å². The Kier molecular flexibility index (Phi) is 12.3. The van der Waals surface area contributed by atoms with Gasteiger partial charge >= 0.3 is 0 Å². The van der Waals surface area contributed by atoms with Crippen LogP contribution in [0.4, 0.5) is 0 Å². The van der Waals surface area contributed by atoms with Gasteiger partial charge in [-0.15, -0.1) is 0 Å². The molecule has 1 saturated heterocycles. The number of carbonyl (C=O) groups is 2. The molecule has 5 rings (SSSR count). The van der Waals surface area contributed by atoms with Gasteiger partial charge in [0.1, 0.15) is 6.33 Å². The van der Waals surface area contributed by atoms with Gasteiger partial charge in [-0.05, 0) is 40.7 Å². The summed E-state index contributed by atoms with van der Waals surface area (Å²) in [4.78, 5) is 27.8. The summed E-state index contributed by atoms with van der Waals surface area (Å²) < 4.78 is 12.9. The standard InChI is InChI=1S/C34H39N5O6S/c40-20-23-10-12-25(13-11-23)30-18-28(21-46-34-36-22-37-38-34)44-33(45-30)26-16-14-24(15-17-26)29-7-5-4-6-27(29)19-35-31(41)8-2-1-3-9-32(42)39-43/h4-7,10-17,22,28,30,33,40,43H,1-3,8-9,18-21H2,(H,35,41)(H,39,42)(H,36,37,38)/t28-,30+,33+/m0/s1. The normalized spacial score (nSPS) is 17.8. The average Bonchev–Trinajstić information content (AvgIpc) is 3.63. The van der Waals surface area contributed by atoms with E-state index in [9.17, 15) is 14.7 Å². The number of carbonyl (C=O) groups excluding carboxylic acids is 2. The molecule has 12 heteroatoms. The number of benzene rings is 3. The molecular formula is C34H39N5O6S. The van der Waals surface area contributed by atoms with E-state index in [1.807, 2.05) is 72.8 Å². The van der Waals surface area contributed by atoms with Crippen molar-refractivity contribution in [1.29, 1.82) is 0 Å². The molecular weight excluding hydrogens is 606 g/mol. The second-order valence-electron chi connectivity index (χ2n) is 11.1. The van der Waals surface area contributed by atoms with Crippen LogP contribution in [-0.4, -0.2) is 49.2 Å². The second kappa shape index (κ2) is 17.0. The molecule has 4 aromatic rings. The number of thioether (sulfide) groups is 1. The third-order valence-electron chi connectivity index (χ3n) is 7.83. The molecule has 11 nitrogen and oxygen atoms in total. The maximum atomic E-state index is 12.5. The van der Waals surface area contributed by atoms with E-state index in [1.54, 1.807) is 17.2 Å². The molecule has 1 fully saturated rings. The van der Waals surface area contributed by atoms with Crippen molar-refractivity contribution >= 4 is 23.6 Å². The van der Waals surface area contributed by atoms with Gasteiger partial charge in [-0.3, -0.25) is 19.9 Å². The first-order chi connectivity index (χ1) is 22.5. The average molecular weight is 646 g/mol. The number of unbranched alkanes of at least 4 members (excludes halogenated alkanes) is 2. The molecule has 0 bridgehead atoms. The number of nitrogens with one attached hydrogen (secondary N) is 3. The van der Waals surface area contributed by atoms with Crippen LogP contribution in [-0.2, 0) is 32.2 Å². The number of aliphatic hydroxyl groups excluding tert-OH is 1. The molecule has 2 amide bonds. The smallest absolute Gasteiger partial charge is 0.243 e. The van der Waals surface area contributed by atoms with Crippen molar-refractivity contribution in [1.82, 2.24) is 26.0 Å². The Labute approximate surface area is 272 Å². The predicted molar refractivity (Wildman–Crippen MR) is 172 cm³/mol. The largest absolute Gasteiger partial charge is 0.392 e. The van der Waals surface area contributed by atoms with Crippen LogP contribution in [0.1, 0.15) is 73.2 Å². The monoisotopic (exact) mass is 645 g/mol. The zero-order valence-electron chi connectivity index (χ0n) is 25.4. The number of H-pyrrole nitrogens is 1. The second-order valence-corrected chi connectivity index (χ2v) is 12.1. The van der Waals surface area contributed by atoms with E-state index in [-0.39, 0.29) is 31.1 Å². The number of aromatic amines is 1. The van der Waals surface area contributed by atoms with Crippen LogP contribution in [0.3, 0.4) is 0 Å². The molecule has 3 aromatic carbocycles. The van der Waals surface area contributed by atoms with Crippen molar-refractivity contribution < 1.29 is 29.4 Å². The lowest BCUT2D eigenvalue weighted by molar-refractivity contribution is -0.245. The Hall–Kier alpha value is -4.07. The van der Waals surface area contributed by atoms with Gasteiger partial charge in [0.2, 0.25) is 11.8 Å². The van der Waals surface area contributed by atoms with E-state index >= 15 is 0 Å². The summed E-state index contributed by atoms with van der Waals surface area (Å²) in [5, 5.41) is 28.6. The number of nitrogens with zero attached hydrogens (tertiary/aromatic N) is 2. The topological polar surface area (TPSA) is 159 Å². The van der Waals surface area contributed by atoms with E-state index in [4.69, 9.17) is 14.7 Å². The first kappa shape index (κ1) is 33.3. The SMILES string of the molecule is O=C(CCCCCC(=O)NCc1ccccc1-c1ccc([C@@H]2O[C@H](CSc3ncn[nH]3)C[C@H](c3ccc(CO)cc3)O2)cc1)NO. The molecule has 5 N–H and O–H groups in total. The van der Waals surface area contributed by atoms with Gasteiger partial charge in [-0.2, -0.15) is 5.10 Å². The number of aliphatic hydroxyl groups is 1. The molecule has 0 aliphatic carbocycles. The minimum Gasteiger partial charge on any atom is -0.392 e. The van der Waals surface area contributed by atoms with Crippen molar-refractivity contribution in [3.63, 3.8) is 0 Å². The fourth-order valence-corrected chi connectivity index (χ4v) is 6.12. The van der Waals surface area contributed by atoms with Crippen molar-refractivity contribution in [3.8, 4) is 11.1 Å². The first-order valence-electron chi connectivity index (χ1n) is 15.4. The van der Waals surface area contributed by atoms with Crippen molar-refractivity contribution in [2.45, 2.75) is 75.3 Å². The maximum Gasteiger partial charge on any atom is 0.243 e. The lowest BCUT2D eigenvalue weighted by Crippen LogP contribution is -2.31. The number of hydrogen-bond donors (Lipinski definition) is 5. The van der Waals surface area contributed by atoms with Gasteiger partial charge in [0.25, 0.3) is 0 Å².